The number of ether oxygens (including phenoxy) is 1. The van der Waals surface area contributed by atoms with Crippen molar-refractivity contribution in [2.45, 2.75) is 32.9 Å². The number of likely N-dealkylation sites (N-methyl/N-ethyl adjacent to an activating group) is 2. The van der Waals surface area contributed by atoms with Crippen molar-refractivity contribution in [3.63, 3.8) is 0 Å². The molecular weight excluding hydrogens is 465 g/mol. The quantitative estimate of drug-likeness (QED) is 0.341. The lowest BCUT2D eigenvalue weighted by molar-refractivity contribution is 0.116. The zero-order valence-electron chi connectivity index (χ0n) is 18.2. The Labute approximate surface area is 188 Å². The number of rotatable bonds is 7. The molecule has 0 aromatic heterocycles. The van der Waals surface area contributed by atoms with Crippen LogP contribution < -0.4 is 15.4 Å². The second kappa shape index (κ2) is 12.5. The highest BCUT2D eigenvalue weighted by atomic mass is 127. The third-order valence-corrected chi connectivity index (χ3v) is 5.03. The molecule has 1 saturated heterocycles. The van der Waals surface area contributed by atoms with E-state index in [4.69, 9.17) is 4.74 Å². The second-order valence-corrected chi connectivity index (χ2v) is 7.99. The molecule has 6 nitrogen and oxygen atoms in total. The van der Waals surface area contributed by atoms with Crippen LogP contribution in [0.25, 0.3) is 0 Å². The van der Waals surface area contributed by atoms with Gasteiger partial charge in [-0.15, -0.1) is 24.0 Å². The molecule has 2 N–H and O–H groups in total. The fraction of sp³-hybridized carbons (Fsp3) is 0.667. The Hall–Kier alpha value is -1.06. The number of hydrogen-bond acceptors (Lipinski definition) is 4. The first-order chi connectivity index (χ1) is 12.9. The Morgan fingerprint density at radius 2 is 1.86 bits per heavy atom. The van der Waals surface area contributed by atoms with Gasteiger partial charge in [0.05, 0.1) is 12.6 Å². The first kappa shape index (κ1) is 25.0. The summed E-state index contributed by atoms with van der Waals surface area (Å²) in [6, 6.07) is 8.98. The molecule has 0 aliphatic carbocycles. The van der Waals surface area contributed by atoms with Crippen molar-refractivity contribution in [1.29, 1.82) is 0 Å². The van der Waals surface area contributed by atoms with E-state index in [1.54, 1.807) is 0 Å². The van der Waals surface area contributed by atoms with Crippen molar-refractivity contribution in [3.8, 4) is 5.75 Å². The van der Waals surface area contributed by atoms with E-state index in [0.29, 0.717) is 12.0 Å². The van der Waals surface area contributed by atoms with Crippen LogP contribution >= 0.6 is 24.0 Å². The van der Waals surface area contributed by atoms with Gasteiger partial charge in [-0.1, -0.05) is 26.0 Å². The highest BCUT2D eigenvalue weighted by molar-refractivity contribution is 14.0. The Morgan fingerprint density at radius 3 is 2.46 bits per heavy atom. The lowest BCUT2D eigenvalue weighted by Crippen LogP contribution is -2.55. The van der Waals surface area contributed by atoms with Crippen LogP contribution in [0.15, 0.2) is 29.3 Å². The summed E-state index contributed by atoms with van der Waals surface area (Å²) in [5, 5.41) is 6.96. The van der Waals surface area contributed by atoms with Crippen LogP contribution in [0.5, 0.6) is 5.75 Å². The van der Waals surface area contributed by atoms with Crippen molar-refractivity contribution in [2.75, 3.05) is 53.9 Å². The Kier molecular flexibility index (Phi) is 11.1. The Morgan fingerprint density at radius 1 is 1.18 bits per heavy atom. The van der Waals surface area contributed by atoms with Gasteiger partial charge in [-0.3, -0.25) is 9.89 Å². The average Bonchev–Trinajstić information content (AvgIpc) is 2.66. The van der Waals surface area contributed by atoms with E-state index >= 15 is 0 Å². The van der Waals surface area contributed by atoms with Gasteiger partial charge in [0, 0.05) is 39.3 Å². The number of nitrogens with zero attached hydrogens (tertiary/aromatic N) is 3. The van der Waals surface area contributed by atoms with E-state index in [0.717, 1.165) is 44.5 Å². The smallest absolute Gasteiger partial charge is 0.191 e. The largest absolute Gasteiger partial charge is 0.493 e. The average molecular weight is 503 g/mol. The molecule has 0 bridgehead atoms. The fourth-order valence-electron chi connectivity index (χ4n) is 3.14. The van der Waals surface area contributed by atoms with Crippen LogP contribution in [0.1, 0.15) is 32.4 Å². The molecule has 7 heteroatoms. The first-order valence-corrected chi connectivity index (χ1v) is 9.97. The van der Waals surface area contributed by atoms with Crippen LogP contribution in [0.3, 0.4) is 0 Å². The van der Waals surface area contributed by atoms with Crippen LogP contribution in [-0.2, 0) is 0 Å². The molecule has 0 radical (unpaired) electrons. The zero-order valence-corrected chi connectivity index (χ0v) is 20.6. The number of guanidine groups is 1. The lowest BCUT2D eigenvalue weighted by Gasteiger charge is -2.38. The normalized spacial score (nSPS) is 19.8. The minimum Gasteiger partial charge on any atom is -0.493 e. The second-order valence-electron chi connectivity index (χ2n) is 7.99. The maximum atomic E-state index is 5.76. The zero-order chi connectivity index (χ0) is 19.8. The molecule has 1 aliphatic rings. The molecule has 0 spiro atoms. The molecule has 0 saturated carbocycles. The predicted molar refractivity (Wildman–Crippen MR) is 129 cm³/mol. The highest BCUT2D eigenvalue weighted by Crippen LogP contribution is 2.18. The molecule has 2 rings (SSSR count). The van der Waals surface area contributed by atoms with Gasteiger partial charge in [0.1, 0.15) is 5.75 Å². The van der Waals surface area contributed by atoms with Crippen molar-refractivity contribution in [2.24, 2.45) is 10.9 Å². The van der Waals surface area contributed by atoms with Gasteiger partial charge in [0.25, 0.3) is 0 Å². The van der Waals surface area contributed by atoms with E-state index in [-0.39, 0.29) is 30.0 Å². The highest BCUT2D eigenvalue weighted by Gasteiger charge is 2.22. The van der Waals surface area contributed by atoms with E-state index < -0.39 is 0 Å². The standard InChI is InChI=1S/C21H37N5O.HI/c1-16(2)15-27-20-9-7-18(8-10-20)17(3)24-21(22-4)23-13-19-14-25(5)11-12-26(19)6;/h7-10,16-17,19H,11-15H2,1-6H3,(H2,22,23,24);1H. The maximum absolute atomic E-state index is 5.76. The van der Waals surface area contributed by atoms with E-state index in [9.17, 15) is 0 Å². The SMILES string of the molecule is CN=C(NCC1CN(C)CCN1C)NC(C)c1ccc(OCC(C)C)cc1.I. The van der Waals surface area contributed by atoms with Crippen molar-refractivity contribution >= 4 is 29.9 Å². The summed E-state index contributed by atoms with van der Waals surface area (Å²) < 4.78 is 5.76. The van der Waals surface area contributed by atoms with Crippen molar-refractivity contribution in [3.05, 3.63) is 29.8 Å². The number of aliphatic imine (C=N–C) groups is 1. The van der Waals surface area contributed by atoms with E-state index in [1.807, 2.05) is 19.2 Å². The third kappa shape index (κ3) is 8.13. The minimum absolute atomic E-state index is 0. The molecule has 2 atom stereocenters. The van der Waals surface area contributed by atoms with Gasteiger partial charge in [-0.05, 0) is 44.6 Å². The summed E-state index contributed by atoms with van der Waals surface area (Å²) >= 11 is 0. The van der Waals surface area contributed by atoms with Gasteiger partial charge < -0.3 is 20.3 Å². The number of halogens is 1. The topological polar surface area (TPSA) is 52.1 Å². The van der Waals surface area contributed by atoms with Crippen molar-refractivity contribution < 1.29 is 4.74 Å². The maximum Gasteiger partial charge on any atom is 0.191 e. The van der Waals surface area contributed by atoms with Gasteiger partial charge in [0.2, 0.25) is 0 Å². The number of benzene rings is 1. The monoisotopic (exact) mass is 503 g/mol. The van der Waals surface area contributed by atoms with E-state index in [2.05, 4.69) is 72.4 Å². The summed E-state index contributed by atoms with van der Waals surface area (Å²) in [5.74, 6) is 2.29. The number of hydrogen-bond donors (Lipinski definition) is 2. The molecule has 1 fully saturated rings. The third-order valence-electron chi connectivity index (χ3n) is 5.03. The minimum atomic E-state index is 0. The molecule has 0 amide bonds. The Bertz CT molecular complexity index is 593. The molecule has 160 valence electrons. The molecule has 1 aromatic carbocycles. The Balaban J connectivity index is 0.00000392. The molecule has 28 heavy (non-hydrogen) atoms. The number of piperazine rings is 1. The summed E-state index contributed by atoms with van der Waals surface area (Å²) in [6.45, 7) is 11.4. The first-order valence-electron chi connectivity index (χ1n) is 9.97. The molecule has 2 unspecified atom stereocenters. The van der Waals surface area contributed by atoms with Crippen LogP contribution in [0, 0.1) is 5.92 Å². The summed E-state index contributed by atoms with van der Waals surface area (Å²) in [4.78, 5) is 9.19. The van der Waals surface area contributed by atoms with Crippen LogP contribution in [-0.4, -0.2) is 75.7 Å². The summed E-state index contributed by atoms with van der Waals surface area (Å²) in [6.07, 6.45) is 0. The predicted octanol–water partition coefficient (Wildman–Crippen LogP) is 2.81. The van der Waals surface area contributed by atoms with Gasteiger partial charge >= 0.3 is 0 Å². The molecule has 1 heterocycles. The van der Waals surface area contributed by atoms with Gasteiger partial charge in [0.15, 0.2) is 5.96 Å². The lowest BCUT2D eigenvalue weighted by atomic mass is 10.1. The summed E-state index contributed by atoms with van der Waals surface area (Å²) in [7, 11) is 6.20. The summed E-state index contributed by atoms with van der Waals surface area (Å²) in [5.41, 5.74) is 1.21. The fourth-order valence-corrected chi connectivity index (χ4v) is 3.14. The molecular formula is C21H38IN5O. The van der Waals surface area contributed by atoms with Gasteiger partial charge in [-0.2, -0.15) is 0 Å². The van der Waals surface area contributed by atoms with Crippen LogP contribution in [0.2, 0.25) is 0 Å². The van der Waals surface area contributed by atoms with Crippen molar-refractivity contribution in [1.82, 2.24) is 20.4 Å². The van der Waals surface area contributed by atoms with Crippen LogP contribution in [0.4, 0.5) is 0 Å². The van der Waals surface area contributed by atoms with Gasteiger partial charge in [-0.25, -0.2) is 0 Å². The van der Waals surface area contributed by atoms with E-state index in [1.165, 1.54) is 5.56 Å². The molecule has 1 aromatic rings. The molecule has 1 aliphatic heterocycles. The number of nitrogens with one attached hydrogen (secondary N) is 2.